The molecule has 2 rings (SSSR count). The SMILES string of the molecule is Nc1ccc(N2CCCC2)nc1NCCO. The van der Waals surface area contributed by atoms with E-state index in [2.05, 4.69) is 15.2 Å². The van der Waals surface area contributed by atoms with Crippen molar-refractivity contribution in [3.63, 3.8) is 0 Å². The second-order valence-corrected chi connectivity index (χ2v) is 3.95. The van der Waals surface area contributed by atoms with Crippen LogP contribution < -0.4 is 16.0 Å². The highest BCUT2D eigenvalue weighted by molar-refractivity contribution is 5.64. The minimum Gasteiger partial charge on any atom is -0.396 e. The van der Waals surface area contributed by atoms with Crippen LogP contribution in [-0.2, 0) is 0 Å². The van der Waals surface area contributed by atoms with Crippen molar-refractivity contribution in [3.8, 4) is 0 Å². The van der Waals surface area contributed by atoms with Gasteiger partial charge in [-0.3, -0.25) is 0 Å². The van der Waals surface area contributed by atoms with Gasteiger partial charge in [0.05, 0.1) is 12.3 Å². The minimum atomic E-state index is 0.0784. The number of aliphatic hydroxyl groups excluding tert-OH is 1. The summed E-state index contributed by atoms with van der Waals surface area (Å²) < 4.78 is 0. The number of rotatable bonds is 4. The molecule has 1 aliphatic rings. The third-order valence-electron chi connectivity index (χ3n) is 2.75. The van der Waals surface area contributed by atoms with Gasteiger partial charge in [-0.15, -0.1) is 0 Å². The van der Waals surface area contributed by atoms with Crippen molar-refractivity contribution >= 4 is 17.3 Å². The normalized spacial score (nSPS) is 15.4. The lowest BCUT2D eigenvalue weighted by atomic mass is 10.3. The molecule has 2 heterocycles. The van der Waals surface area contributed by atoms with Crippen molar-refractivity contribution in [2.24, 2.45) is 0 Å². The van der Waals surface area contributed by atoms with Gasteiger partial charge in [-0.05, 0) is 25.0 Å². The molecule has 0 bridgehead atoms. The lowest BCUT2D eigenvalue weighted by Gasteiger charge is -2.18. The number of hydrogen-bond acceptors (Lipinski definition) is 5. The summed E-state index contributed by atoms with van der Waals surface area (Å²) in [6.45, 7) is 2.68. The van der Waals surface area contributed by atoms with E-state index in [9.17, 15) is 0 Å². The molecular weight excluding hydrogens is 204 g/mol. The Morgan fingerprint density at radius 2 is 2.12 bits per heavy atom. The zero-order chi connectivity index (χ0) is 11.4. The average molecular weight is 222 g/mol. The highest BCUT2D eigenvalue weighted by Gasteiger charge is 2.14. The first kappa shape index (κ1) is 11.0. The summed E-state index contributed by atoms with van der Waals surface area (Å²) in [5, 5.41) is 11.8. The summed E-state index contributed by atoms with van der Waals surface area (Å²) in [6.07, 6.45) is 2.46. The van der Waals surface area contributed by atoms with Gasteiger partial charge in [-0.2, -0.15) is 0 Å². The quantitative estimate of drug-likeness (QED) is 0.698. The zero-order valence-electron chi connectivity index (χ0n) is 9.32. The van der Waals surface area contributed by atoms with Crippen LogP contribution in [0.1, 0.15) is 12.8 Å². The van der Waals surface area contributed by atoms with Crippen molar-refractivity contribution in [1.29, 1.82) is 0 Å². The second kappa shape index (κ2) is 5.03. The summed E-state index contributed by atoms with van der Waals surface area (Å²) in [5.74, 6) is 1.63. The van der Waals surface area contributed by atoms with E-state index in [-0.39, 0.29) is 6.61 Å². The highest BCUT2D eigenvalue weighted by Crippen LogP contribution is 2.23. The molecule has 0 spiro atoms. The molecule has 0 saturated carbocycles. The van der Waals surface area contributed by atoms with Crippen molar-refractivity contribution in [2.45, 2.75) is 12.8 Å². The van der Waals surface area contributed by atoms with Crippen molar-refractivity contribution in [3.05, 3.63) is 12.1 Å². The van der Waals surface area contributed by atoms with E-state index in [1.165, 1.54) is 12.8 Å². The molecule has 0 aromatic carbocycles. The molecule has 0 amide bonds. The van der Waals surface area contributed by atoms with Crippen LogP contribution in [0, 0.1) is 0 Å². The molecule has 1 fully saturated rings. The van der Waals surface area contributed by atoms with Gasteiger partial charge in [0, 0.05) is 19.6 Å². The zero-order valence-corrected chi connectivity index (χ0v) is 9.32. The number of pyridine rings is 1. The average Bonchev–Trinajstić information content (AvgIpc) is 2.81. The van der Waals surface area contributed by atoms with Crippen LogP contribution in [0.15, 0.2) is 12.1 Å². The smallest absolute Gasteiger partial charge is 0.151 e. The first-order valence-corrected chi connectivity index (χ1v) is 5.67. The predicted molar refractivity (Wildman–Crippen MR) is 65.7 cm³/mol. The lowest BCUT2D eigenvalue weighted by molar-refractivity contribution is 0.311. The molecule has 1 aromatic heterocycles. The fraction of sp³-hybridized carbons (Fsp3) is 0.545. The number of nitrogens with one attached hydrogen (secondary N) is 1. The Labute approximate surface area is 95.3 Å². The number of hydrogen-bond donors (Lipinski definition) is 3. The lowest BCUT2D eigenvalue weighted by Crippen LogP contribution is -2.20. The minimum absolute atomic E-state index is 0.0784. The van der Waals surface area contributed by atoms with E-state index in [0.717, 1.165) is 18.9 Å². The number of nitrogens with zero attached hydrogens (tertiary/aromatic N) is 2. The van der Waals surface area contributed by atoms with Crippen molar-refractivity contribution in [1.82, 2.24) is 4.98 Å². The van der Waals surface area contributed by atoms with Gasteiger partial charge in [0.15, 0.2) is 5.82 Å². The molecule has 1 aliphatic heterocycles. The Hall–Kier alpha value is -1.49. The van der Waals surface area contributed by atoms with Crippen LogP contribution in [-0.4, -0.2) is 36.3 Å². The topological polar surface area (TPSA) is 74.4 Å². The third-order valence-corrected chi connectivity index (χ3v) is 2.75. The number of anilines is 3. The first-order chi connectivity index (χ1) is 7.81. The molecule has 1 aromatic rings. The first-order valence-electron chi connectivity index (χ1n) is 5.67. The Balaban J connectivity index is 2.13. The van der Waals surface area contributed by atoms with Crippen molar-refractivity contribution in [2.75, 3.05) is 42.2 Å². The van der Waals surface area contributed by atoms with Gasteiger partial charge in [0.1, 0.15) is 5.82 Å². The number of nitrogens with two attached hydrogens (primary N) is 1. The van der Waals surface area contributed by atoms with E-state index >= 15 is 0 Å². The van der Waals surface area contributed by atoms with E-state index in [4.69, 9.17) is 10.8 Å². The van der Waals surface area contributed by atoms with Gasteiger partial charge < -0.3 is 21.1 Å². The van der Waals surface area contributed by atoms with Gasteiger partial charge in [0.2, 0.25) is 0 Å². The molecule has 4 N–H and O–H groups in total. The summed E-state index contributed by atoms with van der Waals surface area (Å²) in [6, 6.07) is 3.81. The van der Waals surface area contributed by atoms with E-state index in [1.807, 2.05) is 12.1 Å². The number of nitrogen functional groups attached to an aromatic ring is 1. The van der Waals surface area contributed by atoms with Crippen LogP contribution in [0.25, 0.3) is 0 Å². The van der Waals surface area contributed by atoms with Gasteiger partial charge in [-0.25, -0.2) is 4.98 Å². The Bertz CT molecular complexity index is 350. The number of aliphatic hydroxyl groups is 1. The fourth-order valence-corrected chi connectivity index (χ4v) is 1.90. The Morgan fingerprint density at radius 1 is 1.38 bits per heavy atom. The molecule has 1 saturated heterocycles. The third kappa shape index (κ3) is 2.36. The molecule has 88 valence electrons. The molecule has 5 nitrogen and oxygen atoms in total. The summed E-state index contributed by atoms with van der Waals surface area (Å²) in [4.78, 5) is 6.72. The number of aromatic nitrogens is 1. The fourth-order valence-electron chi connectivity index (χ4n) is 1.90. The molecule has 0 radical (unpaired) electrons. The summed E-state index contributed by atoms with van der Waals surface area (Å²) in [7, 11) is 0. The summed E-state index contributed by atoms with van der Waals surface area (Å²) >= 11 is 0. The van der Waals surface area contributed by atoms with Gasteiger partial charge in [0.25, 0.3) is 0 Å². The molecular formula is C11H18N4O. The maximum Gasteiger partial charge on any atom is 0.151 e. The monoisotopic (exact) mass is 222 g/mol. The van der Waals surface area contributed by atoms with Crippen LogP contribution in [0.5, 0.6) is 0 Å². The van der Waals surface area contributed by atoms with E-state index in [1.54, 1.807) is 0 Å². The van der Waals surface area contributed by atoms with Crippen LogP contribution in [0.4, 0.5) is 17.3 Å². The predicted octanol–water partition coefficient (Wildman–Crippen LogP) is 0.668. The molecule has 16 heavy (non-hydrogen) atoms. The maximum atomic E-state index is 8.76. The second-order valence-electron chi connectivity index (χ2n) is 3.95. The summed E-state index contributed by atoms with van der Waals surface area (Å²) in [5.41, 5.74) is 6.43. The van der Waals surface area contributed by atoms with Crippen LogP contribution >= 0.6 is 0 Å². The highest BCUT2D eigenvalue weighted by atomic mass is 16.3. The Morgan fingerprint density at radius 3 is 2.81 bits per heavy atom. The largest absolute Gasteiger partial charge is 0.396 e. The van der Waals surface area contributed by atoms with Crippen LogP contribution in [0.3, 0.4) is 0 Å². The van der Waals surface area contributed by atoms with Gasteiger partial charge in [-0.1, -0.05) is 0 Å². The van der Waals surface area contributed by atoms with Crippen molar-refractivity contribution < 1.29 is 5.11 Å². The maximum absolute atomic E-state index is 8.76. The van der Waals surface area contributed by atoms with E-state index < -0.39 is 0 Å². The molecule has 0 unspecified atom stereocenters. The molecule has 0 aliphatic carbocycles. The molecule has 5 heteroatoms. The molecule has 0 atom stereocenters. The van der Waals surface area contributed by atoms with Crippen LogP contribution in [0.2, 0.25) is 0 Å². The Kier molecular flexibility index (Phi) is 3.46. The van der Waals surface area contributed by atoms with E-state index in [0.29, 0.717) is 18.1 Å². The van der Waals surface area contributed by atoms with Gasteiger partial charge >= 0.3 is 0 Å². The standard InChI is InChI=1S/C11H18N4O/c12-9-3-4-10(15-6-1-2-7-15)14-11(9)13-5-8-16/h3-4,16H,1-2,5-8,12H2,(H,13,14).